The maximum atomic E-state index is 9.72. The van der Waals surface area contributed by atoms with E-state index in [9.17, 15) is 5.11 Å². The van der Waals surface area contributed by atoms with Crippen LogP contribution in [0.25, 0.3) is 22.0 Å². The highest BCUT2D eigenvalue weighted by Gasteiger charge is 2.14. The van der Waals surface area contributed by atoms with Crippen molar-refractivity contribution in [1.82, 2.24) is 4.57 Å². The number of fused-ring (bicyclic) bond motifs is 1. The summed E-state index contributed by atoms with van der Waals surface area (Å²) in [6.45, 7) is 2.08. The van der Waals surface area contributed by atoms with Gasteiger partial charge in [-0.3, -0.25) is 0 Å². The Morgan fingerprint density at radius 1 is 1.11 bits per heavy atom. The van der Waals surface area contributed by atoms with Crippen LogP contribution >= 0.6 is 11.6 Å². The van der Waals surface area contributed by atoms with E-state index in [4.69, 9.17) is 11.6 Å². The van der Waals surface area contributed by atoms with Crippen molar-refractivity contribution in [3.8, 4) is 16.9 Å². The van der Waals surface area contributed by atoms with Crippen LogP contribution in [0.3, 0.4) is 0 Å². The first-order chi connectivity index (χ1) is 9.08. The van der Waals surface area contributed by atoms with Gasteiger partial charge in [0.1, 0.15) is 5.75 Å². The maximum Gasteiger partial charge on any atom is 0.116 e. The second kappa shape index (κ2) is 4.32. The molecule has 0 radical (unpaired) electrons. The van der Waals surface area contributed by atoms with Crippen molar-refractivity contribution in [3.05, 3.63) is 53.2 Å². The highest BCUT2D eigenvalue weighted by Crippen LogP contribution is 2.36. The number of hydrogen-bond donors (Lipinski definition) is 1. The number of nitrogens with zero attached hydrogens (tertiary/aromatic N) is 1. The fourth-order valence-electron chi connectivity index (χ4n) is 2.57. The van der Waals surface area contributed by atoms with Crippen LogP contribution in [0.1, 0.15) is 5.69 Å². The summed E-state index contributed by atoms with van der Waals surface area (Å²) in [6, 6.07) is 13.3. The number of aryl methyl sites for hydroxylation is 1. The normalized spacial score (nSPS) is 11.1. The fourth-order valence-corrected chi connectivity index (χ4v) is 2.76. The van der Waals surface area contributed by atoms with Gasteiger partial charge in [0.05, 0.1) is 0 Å². The SMILES string of the molecule is Cc1c(-c2cccc(Cl)c2)c2cc(O)ccc2n1C. The lowest BCUT2D eigenvalue weighted by molar-refractivity contribution is 0.476. The summed E-state index contributed by atoms with van der Waals surface area (Å²) in [6.07, 6.45) is 0. The molecule has 0 unspecified atom stereocenters. The number of aromatic nitrogens is 1. The third-order valence-electron chi connectivity index (χ3n) is 3.59. The molecule has 0 saturated heterocycles. The predicted octanol–water partition coefficient (Wildman–Crippen LogP) is 4.51. The van der Waals surface area contributed by atoms with Gasteiger partial charge in [0.25, 0.3) is 0 Å². The number of halogens is 1. The molecule has 0 aliphatic carbocycles. The van der Waals surface area contributed by atoms with E-state index < -0.39 is 0 Å². The Balaban J connectivity index is 2.40. The average molecular weight is 272 g/mol. The molecule has 96 valence electrons. The number of phenols is 1. The van der Waals surface area contributed by atoms with Crippen molar-refractivity contribution in [1.29, 1.82) is 0 Å². The fraction of sp³-hybridized carbons (Fsp3) is 0.125. The quantitative estimate of drug-likeness (QED) is 0.692. The maximum absolute atomic E-state index is 9.72. The lowest BCUT2D eigenvalue weighted by Gasteiger charge is -2.03. The van der Waals surface area contributed by atoms with Crippen molar-refractivity contribution in [2.24, 2.45) is 7.05 Å². The Labute approximate surface area is 116 Å². The third kappa shape index (κ3) is 1.89. The molecule has 0 aliphatic rings. The molecule has 3 aromatic rings. The van der Waals surface area contributed by atoms with Gasteiger partial charge in [0.2, 0.25) is 0 Å². The molecule has 0 amide bonds. The Kier molecular flexibility index (Phi) is 2.76. The van der Waals surface area contributed by atoms with Gasteiger partial charge in [-0.05, 0) is 42.8 Å². The van der Waals surface area contributed by atoms with Gasteiger partial charge in [-0.1, -0.05) is 23.7 Å². The minimum atomic E-state index is 0.279. The van der Waals surface area contributed by atoms with Crippen LogP contribution < -0.4 is 0 Å². The van der Waals surface area contributed by atoms with Gasteiger partial charge < -0.3 is 9.67 Å². The largest absolute Gasteiger partial charge is 0.508 e. The second-order valence-corrected chi connectivity index (χ2v) is 5.17. The van der Waals surface area contributed by atoms with Gasteiger partial charge in [0, 0.05) is 34.2 Å². The van der Waals surface area contributed by atoms with Crippen LogP contribution in [0, 0.1) is 6.92 Å². The Bertz CT molecular complexity index is 774. The minimum Gasteiger partial charge on any atom is -0.508 e. The van der Waals surface area contributed by atoms with E-state index in [-0.39, 0.29) is 5.75 Å². The van der Waals surface area contributed by atoms with Crippen LogP contribution in [0.2, 0.25) is 5.02 Å². The molecule has 1 N–H and O–H groups in total. The summed E-state index contributed by atoms with van der Waals surface area (Å²) in [5, 5.41) is 11.5. The number of phenolic OH excluding ortho intramolecular Hbond substituents is 1. The van der Waals surface area contributed by atoms with Crippen molar-refractivity contribution >= 4 is 22.5 Å². The minimum absolute atomic E-state index is 0.279. The number of rotatable bonds is 1. The van der Waals surface area contributed by atoms with Crippen molar-refractivity contribution in [3.63, 3.8) is 0 Å². The highest BCUT2D eigenvalue weighted by atomic mass is 35.5. The molecule has 2 nitrogen and oxygen atoms in total. The lowest BCUT2D eigenvalue weighted by atomic mass is 10.0. The highest BCUT2D eigenvalue weighted by molar-refractivity contribution is 6.31. The molecule has 0 bridgehead atoms. The molecule has 0 aliphatic heterocycles. The molecule has 0 saturated carbocycles. The van der Waals surface area contributed by atoms with Crippen LogP contribution in [0.4, 0.5) is 0 Å². The zero-order valence-electron chi connectivity index (χ0n) is 10.8. The molecule has 3 heteroatoms. The van der Waals surface area contributed by atoms with Gasteiger partial charge in [-0.2, -0.15) is 0 Å². The van der Waals surface area contributed by atoms with Crippen molar-refractivity contribution in [2.75, 3.05) is 0 Å². The molecule has 1 aromatic heterocycles. The van der Waals surface area contributed by atoms with Crippen molar-refractivity contribution in [2.45, 2.75) is 6.92 Å². The third-order valence-corrected chi connectivity index (χ3v) is 3.82. The van der Waals surface area contributed by atoms with Gasteiger partial charge in [-0.25, -0.2) is 0 Å². The first-order valence-corrected chi connectivity index (χ1v) is 6.49. The average Bonchev–Trinajstić information content (AvgIpc) is 2.61. The smallest absolute Gasteiger partial charge is 0.116 e. The van der Waals surface area contributed by atoms with E-state index >= 15 is 0 Å². The summed E-state index contributed by atoms with van der Waals surface area (Å²) >= 11 is 6.08. The van der Waals surface area contributed by atoms with Crippen LogP contribution in [0.5, 0.6) is 5.75 Å². The molecule has 0 atom stereocenters. The first kappa shape index (κ1) is 12.1. The summed E-state index contributed by atoms with van der Waals surface area (Å²) in [7, 11) is 2.03. The van der Waals surface area contributed by atoms with E-state index in [0.717, 1.165) is 27.7 Å². The Hall–Kier alpha value is -1.93. The van der Waals surface area contributed by atoms with E-state index in [0.29, 0.717) is 5.02 Å². The molecule has 19 heavy (non-hydrogen) atoms. The van der Waals surface area contributed by atoms with Crippen LogP contribution in [-0.2, 0) is 7.05 Å². The zero-order chi connectivity index (χ0) is 13.6. The van der Waals surface area contributed by atoms with Gasteiger partial charge in [0.15, 0.2) is 0 Å². The van der Waals surface area contributed by atoms with E-state index in [1.54, 1.807) is 12.1 Å². The zero-order valence-corrected chi connectivity index (χ0v) is 11.6. The summed E-state index contributed by atoms with van der Waals surface area (Å²) in [4.78, 5) is 0. The van der Waals surface area contributed by atoms with Gasteiger partial charge >= 0.3 is 0 Å². The summed E-state index contributed by atoms with van der Waals surface area (Å²) in [5.41, 5.74) is 4.45. The number of benzene rings is 2. The predicted molar refractivity (Wildman–Crippen MR) is 79.8 cm³/mol. The van der Waals surface area contributed by atoms with Crippen LogP contribution in [0.15, 0.2) is 42.5 Å². The topological polar surface area (TPSA) is 25.2 Å². The van der Waals surface area contributed by atoms with E-state index in [1.807, 2.05) is 37.4 Å². The first-order valence-electron chi connectivity index (χ1n) is 6.12. The van der Waals surface area contributed by atoms with Crippen LogP contribution in [-0.4, -0.2) is 9.67 Å². The monoisotopic (exact) mass is 271 g/mol. The van der Waals surface area contributed by atoms with E-state index in [2.05, 4.69) is 11.5 Å². The molecule has 0 fully saturated rings. The summed E-state index contributed by atoms with van der Waals surface area (Å²) < 4.78 is 2.13. The van der Waals surface area contributed by atoms with Crippen molar-refractivity contribution < 1.29 is 5.11 Å². The molecule has 3 rings (SSSR count). The molecule has 0 spiro atoms. The molecule has 1 heterocycles. The Morgan fingerprint density at radius 3 is 2.63 bits per heavy atom. The molecule has 2 aromatic carbocycles. The number of hydrogen-bond acceptors (Lipinski definition) is 1. The second-order valence-electron chi connectivity index (χ2n) is 4.73. The standard InChI is InChI=1S/C16H14ClNO/c1-10-16(11-4-3-5-12(17)8-11)14-9-13(19)6-7-15(14)18(10)2/h3-9,19H,1-2H3. The number of aromatic hydroxyl groups is 1. The molecular formula is C16H14ClNO. The molecular weight excluding hydrogens is 258 g/mol. The lowest BCUT2D eigenvalue weighted by Crippen LogP contribution is -1.90. The van der Waals surface area contributed by atoms with E-state index in [1.165, 1.54) is 0 Å². The Morgan fingerprint density at radius 2 is 1.89 bits per heavy atom. The summed E-state index contributed by atoms with van der Waals surface area (Å²) in [5.74, 6) is 0.279. The van der Waals surface area contributed by atoms with Gasteiger partial charge in [-0.15, -0.1) is 0 Å².